The van der Waals surface area contributed by atoms with E-state index in [1.54, 1.807) is 35.6 Å². The number of rotatable bonds is 8. The van der Waals surface area contributed by atoms with Crippen LogP contribution in [0.1, 0.15) is 139 Å². The average molecular weight is 1190 g/mol. The number of likely N-dealkylation sites (tertiary alicyclic amines) is 4. The van der Waals surface area contributed by atoms with Crippen molar-refractivity contribution < 1.29 is 51.3 Å². The lowest BCUT2D eigenvalue weighted by molar-refractivity contribution is -0.116. The highest BCUT2D eigenvalue weighted by Crippen LogP contribution is 2.51. The summed E-state index contributed by atoms with van der Waals surface area (Å²) < 4.78 is 62.1. The lowest BCUT2D eigenvalue weighted by atomic mass is 9.73. The third-order valence-corrected chi connectivity index (χ3v) is 22.1. The Morgan fingerprint density at radius 3 is 1.76 bits per heavy atom. The van der Waals surface area contributed by atoms with Gasteiger partial charge in [-0.05, 0) is 216 Å². The van der Waals surface area contributed by atoms with Gasteiger partial charge in [-0.25, -0.2) is 27.6 Å². The first-order valence-corrected chi connectivity index (χ1v) is 32.6. The average Bonchev–Trinajstić information content (AvgIpc) is 2.06. The Morgan fingerprint density at radius 2 is 1.19 bits per heavy atom. The molecule has 5 atom stereocenters. The molecule has 0 aromatic heterocycles. The molecule has 5 unspecified atom stereocenters. The van der Waals surface area contributed by atoms with Gasteiger partial charge in [0.2, 0.25) is 5.91 Å². The van der Waals surface area contributed by atoms with Crippen LogP contribution in [0, 0.1) is 24.5 Å². The molecule has 8 saturated heterocycles. The number of carbonyl (C=O) groups is 4. The molecule has 3 aromatic rings. The number of alkyl halides is 1. The van der Waals surface area contributed by atoms with Crippen LogP contribution in [0.2, 0.25) is 0 Å². The van der Waals surface area contributed by atoms with Crippen molar-refractivity contribution in [3.05, 3.63) is 88.5 Å². The van der Waals surface area contributed by atoms with E-state index in [1.165, 1.54) is 86.1 Å². The number of piperidine rings is 5. The van der Waals surface area contributed by atoms with Gasteiger partial charge in [-0.1, -0.05) is 17.7 Å². The number of halogens is 3. The molecule has 8 fully saturated rings. The predicted octanol–water partition coefficient (Wildman–Crippen LogP) is 10.7. The first-order valence-electron chi connectivity index (χ1n) is 32.6. The maximum atomic E-state index is 14.1. The fourth-order valence-corrected chi connectivity index (χ4v) is 17.5. The van der Waals surface area contributed by atoms with E-state index in [4.69, 9.17) is 18.9 Å². The molecule has 4 bridgehead atoms. The summed E-state index contributed by atoms with van der Waals surface area (Å²) in [6.45, 7) is 18.2. The van der Waals surface area contributed by atoms with Gasteiger partial charge >= 0.3 is 18.3 Å². The van der Waals surface area contributed by atoms with Crippen LogP contribution < -0.4 is 15.1 Å². The Kier molecular flexibility index (Phi) is 18.0. The number of hydrogen-bond donors (Lipinski definition) is 1. The summed E-state index contributed by atoms with van der Waals surface area (Å²) in [6.07, 6.45) is 16.1. The number of carbonyl (C=O) groups excluding carboxylic acids is 4. The Bertz CT molecular complexity index is 2930. The number of nitrogens with zero attached hydrogens (tertiary/aromatic N) is 7. The Labute approximate surface area is 506 Å². The van der Waals surface area contributed by atoms with Gasteiger partial charge in [0.25, 0.3) is 0 Å². The fraction of sp³-hybridized carbons (Fsp3) is 0.672. The minimum atomic E-state index is -0.731. The molecular formula is C67H91F3N8O8. The number of ether oxygens (including phenoxy) is 4. The van der Waals surface area contributed by atoms with Crippen LogP contribution in [-0.2, 0) is 40.0 Å². The number of benzene rings is 3. The van der Waals surface area contributed by atoms with Gasteiger partial charge in [0.1, 0.15) is 24.9 Å². The predicted molar refractivity (Wildman–Crippen MR) is 324 cm³/mol. The molecule has 0 aliphatic carbocycles. The van der Waals surface area contributed by atoms with E-state index >= 15 is 0 Å². The summed E-state index contributed by atoms with van der Waals surface area (Å²) in [5.74, 6) is 0.277. The number of amides is 4. The number of aryl methyl sites for hydroxylation is 1. The van der Waals surface area contributed by atoms with Gasteiger partial charge in [-0.2, -0.15) is 0 Å². The summed E-state index contributed by atoms with van der Waals surface area (Å²) in [5.41, 5.74) is 7.65. The molecule has 14 rings (SSSR count). The van der Waals surface area contributed by atoms with E-state index in [2.05, 4.69) is 45.1 Å². The SMILES string of the molecule is CCOC(=O)N1C2CCC1CC(N1CCC3(CC1)CN(C(C)=O)c1ccc(F)cc13)C2.CCOC(=O)N1CCC(N2CCC3(CC2)CN(C(=O)OCCF)c2ccc(F)cc23)CC1.Cc1ccc2c(c1)C1(CCN(CC3CC4CCC3O4)CC1)CN2. The zero-order valence-corrected chi connectivity index (χ0v) is 51.2. The van der Waals surface area contributed by atoms with E-state index in [9.17, 15) is 32.3 Å². The number of anilines is 3. The maximum Gasteiger partial charge on any atom is 0.414 e. The topological polar surface area (TPSA) is 140 Å². The van der Waals surface area contributed by atoms with Crippen LogP contribution in [0.3, 0.4) is 0 Å². The van der Waals surface area contributed by atoms with Crippen LogP contribution in [0.25, 0.3) is 0 Å². The number of hydrogen-bond acceptors (Lipinski definition) is 12. The molecule has 16 nitrogen and oxygen atoms in total. The lowest BCUT2D eigenvalue weighted by Crippen LogP contribution is -2.55. The molecule has 11 aliphatic rings. The zero-order valence-electron chi connectivity index (χ0n) is 51.2. The molecule has 468 valence electrons. The minimum Gasteiger partial charge on any atom is -0.450 e. The summed E-state index contributed by atoms with van der Waals surface area (Å²) in [4.78, 5) is 63.9. The third-order valence-electron chi connectivity index (χ3n) is 22.1. The van der Waals surface area contributed by atoms with E-state index < -0.39 is 12.8 Å². The first kappa shape index (κ1) is 60.6. The Hall–Kier alpha value is -5.63. The number of fused-ring (bicyclic) bond motifs is 10. The summed E-state index contributed by atoms with van der Waals surface area (Å²) >= 11 is 0. The van der Waals surface area contributed by atoms with Crippen molar-refractivity contribution in [2.45, 2.75) is 177 Å². The van der Waals surface area contributed by atoms with Gasteiger partial charge in [0, 0.05) is 104 Å². The highest BCUT2D eigenvalue weighted by Gasteiger charge is 2.52. The molecule has 11 heterocycles. The standard InChI is InChI=1S/C24H32FN3O3.C23H31F2N3O4.C20H28N2O/c1-3-31-23(30)28-18-5-6-19(28)14-20(13-18)26-10-8-24(9-11-26)15-27(16(2)29)22-7-4-17(25)12-21(22)24;1-2-31-21(29)27-10-5-18(6-11-27)26-12-7-23(8-13-26)16-28(22(30)32-14-9-24)20-4-3-17(25)15-19(20)23;1-14-2-4-18-17(10-14)20(13-21-18)6-8-22(9-7-20)12-15-11-16-3-5-19(15)23-16/h4,7,12,18-20H,3,5-6,8-11,13-15H2,1-2H3;3-4,15,18H,2,5-14,16H2,1H3;2,4,10,15-16,19,21H,3,5-9,11-13H2,1H3. The zero-order chi connectivity index (χ0) is 59.9. The third kappa shape index (κ3) is 12.0. The van der Waals surface area contributed by atoms with Crippen molar-refractivity contribution in [3.63, 3.8) is 0 Å². The van der Waals surface area contributed by atoms with E-state index in [0.29, 0.717) is 74.8 Å². The second kappa shape index (κ2) is 25.5. The van der Waals surface area contributed by atoms with Crippen molar-refractivity contribution >= 4 is 41.2 Å². The van der Waals surface area contributed by atoms with E-state index in [-0.39, 0.29) is 59.2 Å². The highest BCUT2D eigenvalue weighted by molar-refractivity contribution is 5.95. The number of nitrogens with one attached hydrogen (secondary N) is 1. The lowest BCUT2D eigenvalue weighted by Gasteiger charge is -2.47. The quantitative estimate of drug-likeness (QED) is 0.215. The van der Waals surface area contributed by atoms with Crippen LogP contribution in [-0.4, -0.2) is 190 Å². The van der Waals surface area contributed by atoms with E-state index in [0.717, 1.165) is 120 Å². The highest BCUT2D eigenvalue weighted by atomic mass is 19.1. The molecule has 4 amide bonds. The molecule has 0 radical (unpaired) electrons. The molecule has 86 heavy (non-hydrogen) atoms. The van der Waals surface area contributed by atoms with E-state index in [1.807, 2.05) is 23.6 Å². The van der Waals surface area contributed by atoms with Crippen molar-refractivity contribution in [1.82, 2.24) is 24.5 Å². The minimum absolute atomic E-state index is 0.0232. The monoisotopic (exact) mass is 1190 g/mol. The summed E-state index contributed by atoms with van der Waals surface area (Å²) in [5, 5.41) is 3.66. The smallest absolute Gasteiger partial charge is 0.414 e. The second-order valence-electron chi connectivity index (χ2n) is 26.8. The van der Waals surface area contributed by atoms with Crippen molar-refractivity contribution in [3.8, 4) is 0 Å². The largest absolute Gasteiger partial charge is 0.450 e. The van der Waals surface area contributed by atoms with Gasteiger partial charge in [0.05, 0.1) is 31.1 Å². The normalized spacial score (nSPS) is 27.7. The van der Waals surface area contributed by atoms with Crippen molar-refractivity contribution in [1.29, 1.82) is 0 Å². The van der Waals surface area contributed by atoms with Crippen LogP contribution >= 0.6 is 0 Å². The van der Waals surface area contributed by atoms with Gasteiger partial charge in [-0.3, -0.25) is 9.69 Å². The molecule has 3 spiro atoms. The van der Waals surface area contributed by atoms with Gasteiger partial charge in [-0.15, -0.1) is 0 Å². The van der Waals surface area contributed by atoms with Gasteiger partial charge in [0.15, 0.2) is 0 Å². The van der Waals surface area contributed by atoms with Crippen LogP contribution in [0.15, 0.2) is 54.6 Å². The Morgan fingerprint density at radius 1 is 0.605 bits per heavy atom. The second-order valence-corrected chi connectivity index (χ2v) is 26.8. The van der Waals surface area contributed by atoms with Crippen molar-refractivity contribution in [2.24, 2.45) is 5.92 Å². The van der Waals surface area contributed by atoms with Crippen molar-refractivity contribution in [2.75, 3.05) is 120 Å². The molecule has 0 saturated carbocycles. The summed E-state index contributed by atoms with van der Waals surface area (Å²) in [6, 6.07) is 17.7. The van der Waals surface area contributed by atoms with Crippen LogP contribution in [0.5, 0.6) is 0 Å². The van der Waals surface area contributed by atoms with Gasteiger partial charge < -0.3 is 53.7 Å². The Balaban J connectivity index is 0.000000128. The molecule has 11 aliphatic heterocycles. The first-order chi connectivity index (χ1) is 41.6. The molecule has 19 heteroatoms. The molecular weight excluding hydrogens is 1100 g/mol. The fourth-order valence-electron chi connectivity index (χ4n) is 17.5. The van der Waals surface area contributed by atoms with Crippen LogP contribution in [0.4, 0.5) is 44.6 Å². The summed E-state index contributed by atoms with van der Waals surface area (Å²) in [7, 11) is 0. The molecule has 1 N–H and O–H groups in total. The maximum absolute atomic E-state index is 14.1. The molecule has 3 aromatic carbocycles.